The van der Waals surface area contributed by atoms with Crippen molar-refractivity contribution in [3.8, 4) is 11.3 Å². The van der Waals surface area contributed by atoms with Gasteiger partial charge in [-0.05, 0) is 59.8 Å². The SMILES string of the molecule is CC(O)(c1ccnc(-c2cc(Cl)cc3cc([C@H](N)c4ccccc4Cl)sc23)c1)C(F)(F)F. The van der Waals surface area contributed by atoms with E-state index in [0.717, 1.165) is 26.6 Å². The number of hydrogen-bond acceptors (Lipinski definition) is 4. The fourth-order valence-electron chi connectivity index (χ4n) is 3.40. The molecule has 0 bridgehead atoms. The zero-order valence-electron chi connectivity index (χ0n) is 16.6. The summed E-state index contributed by atoms with van der Waals surface area (Å²) in [5, 5.41) is 11.8. The van der Waals surface area contributed by atoms with Crippen LogP contribution in [0.25, 0.3) is 21.3 Å². The van der Waals surface area contributed by atoms with Crippen LogP contribution in [0.3, 0.4) is 0 Å². The highest BCUT2D eigenvalue weighted by molar-refractivity contribution is 7.19. The minimum absolute atomic E-state index is 0.263. The van der Waals surface area contributed by atoms with E-state index in [0.29, 0.717) is 22.5 Å². The second kappa shape index (κ2) is 8.32. The Morgan fingerprint density at radius 1 is 1.06 bits per heavy atom. The van der Waals surface area contributed by atoms with Gasteiger partial charge in [0.05, 0.1) is 11.7 Å². The summed E-state index contributed by atoms with van der Waals surface area (Å²) in [5.74, 6) is 0. The Hall–Kier alpha value is -2.16. The fraction of sp³-hybridized carbons (Fsp3) is 0.174. The van der Waals surface area contributed by atoms with Crippen molar-refractivity contribution in [3.63, 3.8) is 0 Å². The molecule has 0 aliphatic rings. The summed E-state index contributed by atoms with van der Waals surface area (Å²) in [5.41, 5.74) is 4.70. The van der Waals surface area contributed by atoms with Gasteiger partial charge >= 0.3 is 6.18 Å². The maximum Gasteiger partial charge on any atom is 0.421 e. The van der Waals surface area contributed by atoms with Crippen LogP contribution in [0.5, 0.6) is 0 Å². The molecule has 0 saturated carbocycles. The number of benzene rings is 2. The average molecular weight is 497 g/mol. The molecule has 9 heteroatoms. The molecule has 4 rings (SSSR count). The van der Waals surface area contributed by atoms with Crippen molar-refractivity contribution in [1.29, 1.82) is 0 Å². The minimum Gasteiger partial charge on any atom is -0.376 e. The molecule has 0 radical (unpaired) electrons. The van der Waals surface area contributed by atoms with Crippen LogP contribution >= 0.6 is 34.5 Å². The van der Waals surface area contributed by atoms with Crippen LogP contribution in [0.2, 0.25) is 10.0 Å². The zero-order chi connectivity index (χ0) is 23.3. The van der Waals surface area contributed by atoms with Crippen LogP contribution in [-0.2, 0) is 5.60 Å². The zero-order valence-corrected chi connectivity index (χ0v) is 18.9. The van der Waals surface area contributed by atoms with Crippen LogP contribution in [0.15, 0.2) is 60.8 Å². The lowest BCUT2D eigenvalue weighted by atomic mass is 9.94. The Kier molecular flexibility index (Phi) is 5.98. The summed E-state index contributed by atoms with van der Waals surface area (Å²) in [6.45, 7) is 0.714. The number of thiophene rings is 1. The molecule has 3 N–H and O–H groups in total. The maximum atomic E-state index is 13.3. The Morgan fingerprint density at radius 2 is 1.78 bits per heavy atom. The topological polar surface area (TPSA) is 59.1 Å². The molecule has 2 aromatic heterocycles. The van der Waals surface area contributed by atoms with Gasteiger partial charge in [0.1, 0.15) is 0 Å². The summed E-state index contributed by atoms with van der Waals surface area (Å²) in [7, 11) is 0. The Labute approximate surface area is 196 Å². The van der Waals surface area contributed by atoms with Gasteiger partial charge in [-0.3, -0.25) is 4.98 Å². The lowest BCUT2D eigenvalue weighted by molar-refractivity contribution is -0.258. The van der Waals surface area contributed by atoms with Gasteiger partial charge in [-0.2, -0.15) is 13.2 Å². The summed E-state index contributed by atoms with van der Waals surface area (Å²) in [6, 6.07) is 14.4. The molecular weight excluding hydrogens is 480 g/mol. The molecule has 0 fully saturated rings. The number of hydrogen-bond donors (Lipinski definition) is 2. The van der Waals surface area contributed by atoms with Crippen LogP contribution in [0.4, 0.5) is 13.2 Å². The number of aliphatic hydroxyl groups is 1. The smallest absolute Gasteiger partial charge is 0.376 e. The van der Waals surface area contributed by atoms with E-state index < -0.39 is 17.8 Å². The molecule has 32 heavy (non-hydrogen) atoms. The van der Waals surface area contributed by atoms with E-state index in [1.165, 1.54) is 23.6 Å². The summed E-state index contributed by atoms with van der Waals surface area (Å²) in [4.78, 5) is 5.05. The highest BCUT2D eigenvalue weighted by atomic mass is 35.5. The third kappa shape index (κ3) is 4.11. The van der Waals surface area contributed by atoms with Crippen LogP contribution in [0.1, 0.15) is 29.0 Å². The Balaban J connectivity index is 1.85. The van der Waals surface area contributed by atoms with E-state index in [-0.39, 0.29) is 11.3 Å². The van der Waals surface area contributed by atoms with Crippen molar-refractivity contribution in [1.82, 2.24) is 4.98 Å². The van der Waals surface area contributed by atoms with Crippen molar-refractivity contribution < 1.29 is 18.3 Å². The first-order valence-electron chi connectivity index (χ1n) is 9.48. The van der Waals surface area contributed by atoms with Crippen LogP contribution in [-0.4, -0.2) is 16.3 Å². The van der Waals surface area contributed by atoms with E-state index in [9.17, 15) is 18.3 Å². The molecule has 0 aliphatic heterocycles. The van der Waals surface area contributed by atoms with E-state index >= 15 is 0 Å². The van der Waals surface area contributed by atoms with Crippen LogP contribution in [0, 0.1) is 0 Å². The molecule has 1 unspecified atom stereocenters. The third-order valence-electron chi connectivity index (χ3n) is 5.30. The predicted octanol–water partition coefficient (Wildman–Crippen LogP) is 7.09. The summed E-state index contributed by atoms with van der Waals surface area (Å²) >= 11 is 14.0. The highest BCUT2D eigenvalue weighted by Gasteiger charge is 2.51. The Morgan fingerprint density at radius 3 is 2.47 bits per heavy atom. The lowest BCUT2D eigenvalue weighted by Crippen LogP contribution is -2.39. The number of halogens is 5. The molecule has 2 atom stereocenters. The number of nitrogens with two attached hydrogens (primary N) is 1. The normalized spacial score (nSPS) is 15.0. The highest BCUT2D eigenvalue weighted by Crippen LogP contribution is 2.42. The van der Waals surface area contributed by atoms with Gasteiger partial charge in [0.15, 0.2) is 5.60 Å². The van der Waals surface area contributed by atoms with E-state index in [2.05, 4.69) is 4.98 Å². The van der Waals surface area contributed by atoms with Gasteiger partial charge < -0.3 is 10.8 Å². The number of nitrogens with zero attached hydrogens (tertiary/aromatic N) is 1. The first-order chi connectivity index (χ1) is 15.0. The monoisotopic (exact) mass is 496 g/mol. The number of pyridine rings is 1. The standard InChI is InChI=1S/C23H17Cl2F3N2OS/c1-22(31,23(26,27)28)13-6-7-30-18(10-13)16-11-14(24)8-12-9-19(32-21(12)16)20(29)15-4-2-3-5-17(15)25/h2-11,20,31H,29H2,1H3/t20-,22?/m1/s1. The van der Waals surface area contributed by atoms with Crippen molar-refractivity contribution in [2.24, 2.45) is 5.73 Å². The first-order valence-corrected chi connectivity index (χ1v) is 11.1. The molecule has 0 spiro atoms. The number of aromatic nitrogens is 1. The second-order valence-electron chi connectivity index (χ2n) is 7.52. The molecule has 166 valence electrons. The van der Waals surface area contributed by atoms with Crippen molar-refractivity contribution >= 4 is 44.6 Å². The predicted molar refractivity (Wildman–Crippen MR) is 123 cm³/mol. The van der Waals surface area contributed by atoms with Crippen molar-refractivity contribution in [3.05, 3.63) is 86.8 Å². The van der Waals surface area contributed by atoms with Gasteiger partial charge in [0.2, 0.25) is 0 Å². The fourth-order valence-corrected chi connectivity index (χ4v) is 5.07. The van der Waals surface area contributed by atoms with Crippen molar-refractivity contribution in [2.45, 2.75) is 24.7 Å². The first kappa shape index (κ1) is 23.0. The summed E-state index contributed by atoms with van der Waals surface area (Å²) < 4.78 is 40.8. The third-order valence-corrected chi connectivity index (χ3v) is 7.13. The van der Waals surface area contributed by atoms with Gasteiger partial charge in [0.25, 0.3) is 0 Å². The minimum atomic E-state index is -4.84. The van der Waals surface area contributed by atoms with Gasteiger partial charge in [-0.25, -0.2) is 0 Å². The average Bonchev–Trinajstić information content (AvgIpc) is 3.16. The lowest BCUT2D eigenvalue weighted by Gasteiger charge is -2.26. The quantitative estimate of drug-likeness (QED) is 0.317. The maximum absolute atomic E-state index is 13.3. The molecule has 2 aromatic carbocycles. The molecule has 2 heterocycles. The largest absolute Gasteiger partial charge is 0.421 e. The van der Waals surface area contributed by atoms with Gasteiger partial charge in [-0.1, -0.05) is 41.4 Å². The van der Waals surface area contributed by atoms with Gasteiger partial charge in [-0.15, -0.1) is 11.3 Å². The Bertz CT molecular complexity index is 1300. The van der Waals surface area contributed by atoms with Gasteiger partial charge in [0, 0.05) is 31.4 Å². The molecule has 0 saturated heterocycles. The molecule has 0 aliphatic carbocycles. The van der Waals surface area contributed by atoms with E-state index in [1.807, 2.05) is 24.3 Å². The van der Waals surface area contributed by atoms with E-state index in [4.69, 9.17) is 28.9 Å². The van der Waals surface area contributed by atoms with Crippen molar-refractivity contribution in [2.75, 3.05) is 0 Å². The molecule has 0 amide bonds. The van der Waals surface area contributed by atoms with Crippen LogP contribution < -0.4 is 5.73 Å². The molecular formula is C23H17Cl2F3N2OS. The number of alkyl halides is 3. The van der Waals surface area contributed by atoms with E-state index in [1.54, 1.807) is 18.2 Å². The number of fused-ring (bicyclic) bond motifs is 1. The summed E-state index contributed by atoms with van der Waals surface area (Å²) in [6.07, 6.45) is -3.60. The molecule has 3 nitrogen and oxygen atoms in total. The second-order valence-corrected chi connectivity index (χ2v) is 9.45. The molecule has 4 aromatic rings. The number of rotatable bonds is 4.